The number of rotatable bonds is 14. The monoisotopic (exact) mass is 442 g/mol. The number of halogens is 3. The molecule has 0 radical (unpaired) electrons. The van der Waals surface area contributed by atoms with E-state index in [9.17, 15) is 0 Å². The molecule has 0 atom stereocenters. The van der Waals surface area contributed by atoms with Gasteiger partial charge in [-0.15, -0.1) is 11.1 Å². The first-order valence-corrected chi connectivity index (χ1v) is 17.4. The highest BCUT2D eigenvalue weighted by atomic mass is 35.6. The van der Waals surface area contributed by atoms with Gasteiger partial charge in [-0.25, -0.2) is 0 Å². The maximum atomic E-state index is 6.85. The fourth-order valence-electron chi connectivity index (χ4n) is 2.20. The lowest BCUT2D eigenvalue weighted by atomic mass is 10.9. The van der Waals surface area contributed by atoms with E-state index in [2.05, 4.69) is 0 Å². The van der Waals surface area contributed by atoms with Crippen molar-refractivity contribution in [1.29, 1.82) is 0 Å². The molecule has 0 aromatic carbocycles. The molecule has 0 aliphatic heterocycles. The average Bonchev–Trinajstić information content (AvgIpc) is 2.38. The second-order valence-electron chi connectivity index (χ2n) is 4.72. The molecular weight excluding hydrogens is 415 g/mol. The molecule has 0 saturated heterocycles. The van der Waals surface area contributed by atoms with E-state index >= 15 is 0 Å². The Morgan fingerprint density at radius 2 is 0.783 bits per heavy atom. The molecule has 0 N–H and O–H groups in total. The van der Waals surface area contributed by atoms with Crippen molar-refractivity contribution < 1.29 is 22.1 Å². The molecule has 140 valence electrons. The summed E-state index contributed by atoms with van der Waals surface area (Å²) in [4.78, 5) is 0. The number of hydrogen-bond donors (Lipinski definition) is 0. The van der Waals surface area contributed by atoms with E-state index in [1.807, 2.05) is 34.6 Å². The first kappa shape index (κ1) is 24.3. The predicted molar refractivity (Wildman–Crippen MR) is 103 cm³/mol. The summed E-state index contributed by atoms with van der Waals surface area (Å²) in [7, 11) is -8.71. The second-order valence-corrected chi connectivity index (χ2v) is 18.9. The van der Waals surface area contributed by atoms with E-state index in [1.165, 1.54) is 0 Å². The summed E-state index contributed by atoms with van der Waals surface area (Å²) in [5.74, 6) is 0. The van der Waals surface area contributed by atoms with Gasteiger partial charge in [0.05, 0.1) is 0 Å². The van der Waals surface area contributed by atoms with E-state index in [0.29, 0.717) is 44.4 Å². The van der Waals surface area contributed by atoms with Crippen molar-refractivity contribution in [2.75, 3.05) is 33.0 Å². The molecular formula is C12H29Cl3O5Si3. The molecule has 23 heavy (non-hydrogen) atoms. The van der Waals surface area contributed by atoms with Gasteiger partial charge < -0.3 is 22.1 Å². The Morgan fingerprint density at radius 1 is 0.522 bits per heavy atom. The van der Waals surface area contributed by atoms with Crippen molar-refractivity contribution in [3.05, 3.63) is 0 Å². The van der Waals surface area contributed by atoms with Gasteiger partial charge in [-0.2, -0.15) is 0 Å². The Hall–Kier alpha value is 1.32. The molecule has 0 heterocycles. The van der Waals surface area contributed by atoms with E-state index in [0.717, 1.165) is 0 Å². The zero-order valence-corrected chi connectivity index (χ0v) is 19.9. The van der Waals surface area contributed by atoms with E-state index in [1.54, 1.807) is 0 Å². The Kier molecular flexibility index (Phi) is 12.5. The SMILES string of the molecule is CCO[Si](Cl)(C[Si](Cl)(OCC)OCC)C[Si](Cl)(OCC)OCC. The van der Waals surface area contributed by atoms with Gasteiger partial charge in [-0.05, 0) is 34.6 Å². The van der Waals surface area contributed by atoms with Crippen LogP contribution < -0.4 is 0 Å². The fraction of sp³-hybridized carbons (Fsp3) is 1.00. The second kappa shape index (κ2) is 11.8. The third kappa shape index (κ3) is 9.55. The first-order chi connectivity index (χ1) is 10.7. The van der Waals surface area contributed by atoms with Gasteiger partial charge in [0.25, 0.3) is 7.63 Å². The zero-order valence-electron chi connectivity index (χ0n) is 14.6. The van der Waals surface area contributed by atoms with Crippen molar-refractivity contribution >= 4 is 56.6 Å². The summed E-state index contributed by atoms with van der Waals surface area (Å²) >= 11 is 20.0. The Bertz CT molecular complexity index is 292. The van der Waals surface area contributed by atoms with Crippen molar-refractivity contribution in [2.24, 2.45) is 0 Å². The molecule has 0 aromatic heterocycles. The number of hydrogen-bond acceptors (Lipinski definition) is 5. The van der Waals surface area contributed by atoms with Crippen LogP contribution in [0.25, 0.3) is 0 Å². The molecule has 0 rings (SSSR count). The van der Waals surface area contributed by atoms with E-state index in [-0.39, 0.29) is 0 Å². The molecule has 0 unspecified atom stereocenters. The summed E-state index contributed by atoms with van der Waals surface area (Å²) in [5, 5.41) is 0. The molecule has 0 fully saturated rings. The van der Waals surface area contributed by atoms with Gasteiger partial charge >= 0.3 is 15.7 Å². The third-order valence-electron chi connectivity index (χ3n) is 2.79. The summed E-state index contributed by atoms with van der Waals surface area (Å²) in [6.07, 6.45) is 0. The molecule has 0 amide bonds. The quantitative estimate of drug-likeness (QED) is 0.296. The largest absolute Gasteiger partial charge is 0.443 e. The Balaban J connectivity index is 5.27. The van der Waals surface area contributed by atoms with Crippen LogP contribution in [0.2, 0.25) is 11.3 Å². The van der Waals surface area contributed by atoms with Crippen LogP contribution in [0.15, 0.2) is 0 Å². The van der Waals surface area contributed by atoms with Crippen LogP contribution in [0, 0.1) is 0 Å². The van der Waals surface area contributed by atoms with Crippen LogP contribution >= 0.6 is 33.2 Å². The highest BCUT2D eigenvalue weighted by Crippen LogP contribution is 2.37. The molecule has 11 heteroatoms. The van der Waals surface area contributed by atoms with Crippen molar-refractivity contribution in [3.8, 4) is 0 Å². The van der Waals surface area contributed by atoms with Crippen molar-refractivity contribution in [1.82, 2.24) is 0 Å². The first-order valence-electron chi connectivity index (χ1n) is 7.98. The lowest BCUT2D eigenvalue weighted by molar-refractivity contribution is 0.201. The van der Waals surface area contributed by atoms with Gasteiger partial charge in [0, 0.05) is 44.4 Å². The topological polar surface area (TPSA) is 46.2 Å². The minimum atomic E-state index is -2.94. The highest BCUT2D eigenvalue weighted by Gasteiger charge is 2.54. The molecule has 0 bridgehead atoms. The smallest absolute Gasteiger partial charge is 0.403 e. The standard InChI is InChI=1S/C12H29Cl3O5Si3/c1-6-16-21(13,11-22(14,17-7-2)18-8-3)12-23(15,19-9-4)20-10-5/h6-12H2,1-5H3. The van der Waals surface area contributed by atoms with Crippen molar-refractivity contribution in [3.63, 3.8) is 0 Å². The van der Waals surface area contributed by atoms with E-state index in [4.69, 9.17) is 55.4 Å². The van der Waals surface area contributed by atoms with Crippen LogP contribution in [-0.4, -0.2) is 56.4 Å². The summed E-state index contributed by atoms with van der Waals surface area (Å²) in [6.45, 7) is 11.7. The van der Waals surface area contributed by atoms with Gasteiger partial charge in [0.15, 0.2) is 0 Å². The lowest BCUT2D eigenvalue weighted by Gasteiger charge is -2.34. The summed E-state index contributed by atoms with van der Waals surface area (Å²) < 4.78 is 28.6. The molecule has 5 nitrogen and oxygen atoms in total. The maximum Gasteiger partial charge on any atom is 0.443 e. The normalized spacial score (nSPS) is 13.6. The lowest BCUT2D eigenvalue weighted by Crippen LogP contribution is -2.53. The van der Waals surface area contributed by atoms with Gasteiger partial charge in [0.1, 0.15) is 0 Å². The third-order valence-corrected chi connectivity index (χ3v) is 20.5. The Labute approximate surface area is 157 Å². The van der Waals surface area contributed by atoms with Crippen LogP contribution in [-0.2, 0) is 22.1 Å². The summed E-state index contributed by atoms with van der Waals surface area (Å²) in [5.41, 5.74) is 0.723. The minimum Gasteiger partial charge on any atom is -0.403 e. The minimum absolute atomic E-state index is 0.361. The molecule has 0 aliphatic carbocycles. The summed E-state index contributed by atoms with van der Waals surface area (Å²) in [6, 6.07) is 0. The molecule has 0 aromatic rings. The van der Waals surface area contributed by atoms with Crippen molar-refractivity contribution in [2.45, 2.75) is 46.0 Å². The molecule has 0 saturated carbocycles. The van der Waals surface area contributed by atoms with Gasteiger partial charge in [-0.3, -0.25) is 0 Å². The van der Waals surface area contributed by atoms with E-state index < -0.39 is 23.4 Å². The van der Waals surface area contributed by atoms with Crippen LogP contribution in [0.3, 0.4) is 0 Å². The molecule has 0 aliphatic rings. The maximum absolute atomic E-state index is 6.85. The fourth-order valence-corrected chi connectivity index (χ4v) is 23.7. The average molecular weight is 444 g/mol. The predicted octanol–water partition coefficient (Wildman–Crippen LogP) is 4.28. The molecule has 0 spiro atoms. The van der Waals surface area contributed by atoms with Gasteiger partial charge in [0.2, 0.25) is 0 Å². The highest BCUT2D eigenvalue weighted by molar-refractivity contribution is 7.32. The Morgan fingerprint density at radius 3 is 1.00 bits per heavy atom. The zero-order chi connectivity index (χ0) is 18.0. The van der Waals surface area contributed by atoms with Crippen LogP contribution in [0.5, 0.6) is 0 Å². The van der Waals surface area contributed by atoms with Crippen LogP contribution in [0.1, 0.15) is 34.6 Å². The van der Waals surface area contributed by atoms with Gasteiger partial charge in [-0.1, -0.05) is 22.2 Å². The van der Waals surface area contributed by atoms with Crippen LogP contribution in [0.4, 0.5) is 0 Å².